The summed E-state index contributed by atoms with van der Waals surface area (Å²) in [6, 6.07) is 0. The summed E-state index contributed by atoms with van der Waals surface area (Å²) in [5.74, 6) is -5.64. The van der Waals surface area contributed by atoms with Crippen LogP contribution in [0.15, 0.2) is 60.8 Å². The lowest BCUT2D eigenvalue weighted by atomic mass is 9.82. The van der Waals surface area contributed by atoms with E-state index in [4.69, 9.17) is 23.0 Å². The van der Waals surface area contributed by atoms with Gasteiger partial charge in [-0.1, -0.05) is 139 Å². The number of phosphoric acid groups is 2. The molecule has 1 saturated carbocycles. The minimum atomic E-state index is -5.79. The highest BCUT2D eigenvalue weighted by atomic mass is 31.2. The maximum atomic E-state index is 13.9. The monoisotopic (exact) mass is 1060 g/mol. The van der Waals surface area contributed by atoms with E-state index in [1.807, 2.05) is 6.92 Å². The molecular formula is C51H86O19P2. The lowest BCUT2D eigenvalue weighted by Gasteiger charge is -2.38. The molecule has 12 atom stereocenters. The SMILES string of the molecule is CC/C=C\C/C=C\C/C=C\C/C=C\CCCCCCCCC(=O)OC[C@@H]1COP(=O)(O)O[C@H]2[C@H](O)[C@@H](O)[C@H](O)[C@@H](CCCCCCC(=O)O1)[C@@H](O)CC(=O)[C@H](C=C[C@@H](O)CCCCC)[C@@H](O)[C@H]2OP(=O)(O)O. The number of carbonyl (C=O) groups excluding carboxylic acids is 3. The topological polar surface area (TPSA) is 314 Å². The standard InChI is InChI=1S/C51H86O19P2/c1-3-5-7-8-9-10-11-12-13-14-15-16-17-18-19-20-21-22-27-31-44(55)66-36-39-37-67-72(64,65)70-51-49(60)48(59)46(57)40(30-26-23-24-28-32-45(56)68-39)42(53)35-43(54)41(34-33-38(52)29-25-6-4-2)47(58)50(51)69-71(61,62)63/h5,7,9-10,12-13,15-16,33-34,38-42,46-53,57-60H,3-4,6,8,11,14,17-32,35-37H2,1-2H3,(H,64,65)(H2,61,62,63)/b7-5-,10-9-,13-12-,16-15-,34-33?/t38-,39+,40-,41-,42-,46+,47+,48-,49+,50+,51-/m0/s1. The first-order valence-electron chi connectivity index (χ1n) is 25.9. The molecule has 0 amide bonds. The number of cyclic esters (lactones) is 1. The molecule has 72 heavy (non-hydrogen) atoms. The van der Waals surface area contributed by atoms with Crippen LogP contribution in [-0.2, 0) is 46.6 Å². The third-order valence-electron chi connectivity index (χ3n) is 12.5. The fourth-order valence-electron chi connectivity index (χ4n) is 8.41. The Bertz CT molecular complexity index is 1780. The van der Waals surface area contributed by atoms with Crippen LogP contribution in [0.5, 0.6) is 0 Å². The van der Waals surface area contributed by atoms with Gasteiger partial charge in [-0.05, 0) is 64.2 Å². The molecule has 414 valence electrons. The van der Waals surface area contributed by atoms with Crippen molar-refractivity contribution >= 4 is 33.4 Å². The van der Waals surface area contributed by atoms with Crippen molar-refractivity contribution in [3.05, 3.63) is 60.8 Å². The van der Waals surface area contributed by atoms with Gasteiger partial charge in [0.05, 0.1) is 36.9 Å². The summed E-state index contributed by atoms with van der Waals surface area (Å²) in [5, 5.41) is 68.1. The van der Waals surface area contributed by atoms with Crippen LogP contribution in [0.4, 0.5) is 0 Å². The summed E-state index contributed by atoms with van der Waals surface area (Å²) in [5.41, 5.74) is 0. The number of hydrogen-bond acceptors (Lipinski definition) is 16. The van der Waals surface area contributed by atoms with Crippen molar-refractivity contribution < 1.29 is 91.9 Å². The molecule has 1 aliphatic carbocycles. The highest BCUT2D eigenvalue weighted by molar-refractivity contribution is 7.47. The molecule has 0 radical (unpaired) electrons. The van der Waals surface area contributed by atoms with Crippen LogP contribution in [0.1, 0.15) is 162 Å². The van der Waals surface area contributed by atoms with Crippen LogP contribution in [0.2, 0.25) is 0 Å². The number of rotatable bonds is 26. The Morgan fingerprint density at radius 3 is 2.07 bits per heavy atom. The van der Waals surface area contributed by atoms with Gasteiger partial charge in [0, 0.05) is 25.2 Å². The number of hydrogen-bond donors (Lipinski definition) is 9. The minimum Gasteiger partial charge on any atom is -0.462 e. The average molecular weight is 1070 g/mol. The van der Waals surface area contributed by atoms with E-state index < -0.39 is 120 Å². The van der Waals surface area contributed by atoms with E-state index in [9.17, 15) is 68.8 Å². The zero-order chi connectivity index (χ0) is 53.4. The molecule has 21 heteroatoms. The highest BCUT2D eigenvalue weighted by Gasteiger charge is 2.51. The third-order valence-corrected chi connectivity index (χ3v) is 14.0. The lowest BCUT2D eigenvalue weighted by Crippen LogP contribution is -2.56. The molecule has 9 N–H and O–H groups in total. The molecule has 0 aromatic rings. The molecule has 1 heterocycles. The fourth-order valence-corrected chi connectivity index (χ4v) is 9.94. The second-order valence-corrected chi connectivity index (χ2v) is 21.2. The summed E-state index contributed by atoms with van der Waals surface area (Å²) < 4.78 is 52.2. The van der Waals surface area contributed by atoms with E-state index in [1.54, 1.807) is 0 Å². The molecule has 1 aliphatic heterocycles. The molecule has 2 fully saturated rings. The van der Waals surface area contributed by atoms with Gasteiger partial charge in [-0.25, -0.2) is 9.13 Å². The van der Waals surface area contributed by atoms with Crippen LogP contribution in [0.25, 0.3) is 0 Å². The van der Waals surface area contributed by atoms with Gasteiger partial charge in [0.25, 0.3) is 0 Å². The second-order valence-electron chi connectivity index (χ2n) is 18.6. The zero-order valence-electron chi connectivity index (χ0n) is 42.3. The number of allylic oxidation sites excluding steroid dienone is 8. The number of ether oxygens (including phenoxy) is 2. The molecule has 1 saturated heterocycles. The van der Waals surface area contributed by atoms with E-state index in [0.717, 1.165) is 89.2 Å². The number of phosphoric ester groups is 2. The van der Waals surface area contributed by atoms with Crippen molar-refractivity contribution in [3.8, 4) is 0 Å². The first-order chi connectivity index (χ1) is 34.3. The predicted molar refractivity (Wildman–Crippen MR) is 270 cm³/mol. The third kappa shape index (κ3) is 28.3. The number of ketones is 1. The van der Waals surface area contributed by atoms with Gasteiger partial charge < -0.3 is 54.8 Å². The van der Waals surface area contributed by atoms with Crippen LogP contribution >= 0.6 is 15.6 Å². The van der Waals surface area contributed by atoms with E-state index in [2.05, 4.69) is 55.5 Å². The van der Waals surface area contributed by atoms with E-state index in [0.29, 0.717) is 32.1 Å². The van der Waals surface area contributed by atoms with E-state index in [1.165, 1.54) is 0 Å². The molecule has 0 aromatic heterocycles. The maximum absolute atomic E-state index is 13.9. The van der Waals surface area contributed by atoms with Crippen molar-refractivity contribution in [2.45, 2.75) is 216 Å². The summed E-state index contributed by atoms with van der Waals surface area (Å²) in [6.45, 7) is 2.45. The lowest BCUT2D eigenvalue weighted by molar-refractivity contribution is -0.165. The van der Waals surface area contributed by atoms with Gasteiger partial charge in [0.2, 0.25) is 0 Å². The Morgan fingerprint density at radius 1 is 0.792 bits per heavy atom. The maximum Gasteiger partial charge on any atom is 0.472 e. The molecule has 2 bridgehead atoms. The first kappa shape index (κ1) is 65.4. The molecule has 2 aliphatic rings. The summed E-state index contributed by atoms with van der Waals surface area (Å²) in [7, 11) is -11.5. The minimum absolute atomic E-state index is 0.0382. The Balaban J connectivity index is 2.19. The van der Waals surface area contributed by atoms with Gasteiger partial charge >= 0.3 is 27.6 Å². The van der Waals surface area contributed by atoms with E-state index >= 15 is 0 Å². The quantitative estimate of drug-likeness (QED) is 0.0179. The Hall–Kier alpha value is -2.71. The number of unbranched alkanes of at least 4 members (excludes halogenated alkanes) is 8. The van der Waals surface area contributed by atoms with Crippen molar-refractivity contribution in [2.24, 2.45) is 11.8 Å². The highest BCUT2D eigenvalue weighted by Crippen LogP contribution is 2.49. The fraction of sp³-hybridized carbons (Fsp3) is 0.745. The van der Waals surface area contributed by atoms with Crippen molar-refractivity contribution in [1.29, 1.82) is 0 Å². The summed E-state index contributed by atoms with van der Waals surface area (Å²) in [4.78, 5) is 70.7. The number of aliphatic hydroxyl groups is 6. The van der Waals surface area contributed by atoms with Crippen LogP contribution in [-0.4, -0.2) is 131 Å². The molecule has 2 rings (SSSR count). The summed E-state index contributed by atoms with van der Waals surface area (Å²) in [6.07, 6.45) is 13.0. The Morgan fingerprint density at radius 2 is 1.42 bits per heavy atom. The number of esters is 2. The largest absolute Gasteiger partial charge is 0.472 e. The number of Topliss-reactive ketones (excluding diaryl/α,β-unsaturated/α-hetero) is 1. The number of carbonyl (C=O) groups is 3. The van der Waals surface area contributed by atoms with E-state index in [-0.39, 0.29) is 32.1 Å². The average Bonchev–Trinajstić information content (AvgIpc) is 3.32. The van der Waals surface area contributed by atoms with Gasteiger partial charge in [0.15, 0.2) is 6.10 Å². The number of fused-ring (bicyclic) bond motifs is 4. The molecular weight excluding hydrogens is 978 g/mol. The van der Waals surface area contributed by atoms with Gasteiger partial charge in [-0.2, -0.15) is 0 Å². The normalized spacial score (nSPS) is 29.8. The van der Waals surface area contributed by atoms with Gasteiger partial charge in [-0.3, -0.25) is 28.0 Å². The number of aliphatic hydroxyl groups excluding tert-OH is 6. The smallest absolute Gasteiger partial charge is 0.462 e. The zero-order valence-corrected chi connectivity index (χ0v) is 44.1. The first-order valence-corrected chi connectivity index (χ1v) is 29.0. The van der Waals surface area contributed by atoms with Crippen LogP contribution < -0.4 is 0 Å². The molecule has 19 nitrogen and oxygen atoms in total. The predicted octanol–water partition coefficient (Wildman–Crippen LogP) is 7.21. The van der Waals surface area contributed by atoms with Crippen molar-refractivity contribution in [1.82, 2.24) is 0 Å². The molecule has 0 spiro atoms. The van der Waals surface area contributed by atoms with Crippen molar-refractivity contribution in [3.63, 3.8) is 0 Å². The van der Waals surface area contributed by atoms with Gasteiger partial charge in [0.1, 0.15) is 36.8 Å². The Labute approximate surface area is 426 Å². The van der Waals surface area contributed by atoms with Crippen LogP contribution in [0, 0.1) is 11.8 Å². The summed E-state index contributed by atoms with van der Waals surface area (Å²) >= 11 is 0. The van der Waals surface area contributed by atoms with Crippen LogP contribution in [0.3, 0.4) is 0 Å². The second kappa shape index (κ2) is 37.1. The van der Waals surface area contributed by atoms with Crippen molar-refractivity contribution in [2.75, 3.05) is 13.2 Å². The molecule has 0 aromatic carbocycles. The van der Waals surface area contributed by atoms with Gasteiger partial charge in [-0.15, -0.1) is 0 Å². The molecule has 1 unspecified atom stereocenters. The Kier molecular flexibility index (Phi) is 33.7.